The minimum absolute atomic E-state index is 1.52. The molecule has 0 aromatic rings. The van der Waals surface area contributed by atoms with Gasteiger partial charge in [0.1, 0.15) is 0 Å². The normalized spacial score (nSPS) is 18.3. The highest BCUT2D eigenvalue weighted by Crippen LogP contribution is 2.65. The van der Waals surface area contributed by atoms with Crippen molar-refractivity contribution in [3.63, 3.8) is 0 Å². The van der Waals surface area contributed by atoms with Crippen LogP contribution in [-0.4, -0.2) is 73.1 Å². The van der Waals surface area contributed by atoms with Gasteiger partial charge in [0, 0.05) is 0 Å². The number of hydrogen-bond acceptors (Lipinski definition) is 3. The maximum absolute atomic E-state index is 13.6. The topological polar surface area (TPSA) is 66.4 Å². The van der Waals surface area contributed by atoms with Gasteiger partial charge in [0.05, 0.1) is 0 Å². The number of aliphatic hydroxyl groups is 1. The highest BCUT2D eigenvalue weighted by Gasteiger charge is 2.97. The SMILES string of the molecule is O=S(=O)(F)NC(O)(C(F)(F)F)C(F)(F)C(F)(F)C(F)(F)C(F)(F)C(F)(F)C(F)(F)C(F)(F)C(F)(F)F. The molecule has 0 aliphatic carbocycles. The molecule has 0 fully saturated rings. The highest BCUT2D eigenvalue weighted by atomic mass is 32.3. The van der Waals surface area contributed by atoms with Crippen LogP contribution in [-0.2, 0) is 10.4 Å². The largest absolute Gasteiger partial charge is 0.460 e. The van der Waals surface area contributed by atoms with Gasteiger partial charge in [-0.25, -0.2) is 0 Å². The van der Waals surface area contributed by atoms with Gasteiger partial charge in [0.15, 0.2) is 0 Å². The van der Waals surface area contributed by atoms with E-state index in [-0.39, 0.29) is 0 Å². The van der Waals surface area contributed by atoms with Crippen LogP contribution in [0.15, 0.2) is 0 Å². The molecule has 0 spiro atoms. The Morgan fingerprint density at radius 1 is 0.417 bits per heavy atom. The molecule has 0 radical (unpaired) electrons. The Labute approximate surface area is 181 Å². The monoisotopic (exact) mass is 615 g/mol. The van der Waals surface area contributed by atoms with Gasteiger partial charge in [0.25, 0.3) is 5.72 Å². The molecule has 0 aliphatic rings. The van der Waals surface area contributed by atoms with Crippen molar-refractivity contribution in [2.45, 2.75) is 59.5 Å². The minimum atomic E-state index is -9.31. The number of hydrogen-bond donors (Lipinski definition) is 2. The fraction of sp³-hybridized carbons (Fsp3) is 1.00. The summed E-state index contributed by atoms with van der Waals surface area (Å²) in [6.45, 7) is 0. The molecule has 1 unspecified atom stereocenters. The van der Waals surface area contributed by atoms with Crippen molar-refractivity contribution < 1.29 is 105 Å². The Morgan fingerprint density at radius 3 is 0.833 bits per heavy atom. The molecule has 4 nitrogen and oxygen atoms in total. The zero-order chi connectivity index (χ0) is 30.2. The summed E-state index contributed by atoms with van der Waals surface area (Å²) < 4.78 is 290. The zero-order valence-corrected chi connectivity index (χ0v) is 15.9. The molecular weight excluding hydrogens is 613 g/mol. The lowest BCUT2D eigenvalue weighted by atomic mass is 9.86. The first-order valence-electron chi connectivity index (χ1n) is 7.20. The van der Waals surface area contributed by atoms with Crippen LogP contribution in [0.25, 0.3) is 0 Å². The molecule has 0 bridgehead atoms. The number of rotatable bonds is 9. The van der Waals surface area contributed by atoms with E-state index < -0.39 is 74.7 Å². The van der Waals surface area contributed by atoms with Gasteiger partial charge in [-0.2, -0.15) is 96.2 Å². The molecule has 1 atom stereocenters. The maximum atomic E-state index is 13.6. The molecule has 0 heterocycles. The van der Waals surface area contributed by atoms with Crippen molar-refractivity contribution in [3.05, 3.63) is 0 Å². The second-order valence-corrected chi connectivity index (χ2v) is 7.35. The van der Waals surface area contributed by atoms with Crippen molar-refractivity contribution >= 4 is 10.4 Å². The van der Waals surface area contributed by atoms with Crippen LogP contribution in [0.5, 0.6) is 0 Å². The average Bonchev–Trinajstić information content (AvgIpc) is 2.56. The van der Waals surface area contributed by atoms with Crippen LogP contribution in [0.2, 0.25) is 0 Å². The van der Waals surface area contributed by atoms with Gasteiger partial charge in [-0.1, -0.05) is 3.89 Å². The van der Waals surface area contributed by atoms with E-state index in [4.69, 9.17) is 5.11 Å². The van der Waals surface area contributed by atoms with E-state index in [0.29, 0.717) is 0 Å². The van der Waals surface area contributed by atoms with Crippen molar-refractivity contribution in [1.82, 2.24) is 4.72 Å². The third-order valence-corrected chi connectivity index (χ3v) is 4.40. The summed E-state index contributed by atoms with van der Waals surface area (Å²) in [6, 6.07) is 0. The predicted octanol–water partition coefficient (Wildman–Crippen LogP) is 5.05. The molecule has 0 aromatic heterocycles. The molecule has 0 amide bonds. The lowest BCUT2D eigenvalue weighted by molar-refractivity contribution is -0.475. The third kappa shape index (κ3) is 4.38. The fourth-order valence-electron chi connectivity index (χ4n) is 1.87. The van der Waals surface area contributed by atoms with Crippen LogP contribution in [0.4, 0.5) is 91.7 Å². The Hall–Kier alpha value is -1.60. The van der Waals surface area contributed by atoms with Gasteiger partial charge in [0.2, 0.25) is 0 Å². The first-order valence-corrected chi connectivity index (χ1v) is 8.58. The summed E-state index contributed by atoms with van der Waals surface area (Å²) in [5, 5.41) is 8.51. The van der Waals surface area contributed by atoms with Gasteiger partial charge < -0.3 is 5.11 Å². The summed E-state index contributed by atoms with van der Waals surface area (Å²) in [6.07, 6.45) is -16.0. The summed E-state index contributed by atoms with van der Waals surface area (Å²) in [5.74, 6) is -63.2. The lowest BCUT2D eigenvalue weighted by Crippen LogP contribution is -2.80. The van der Waals surface area contributed by atoms with E-state index in [2.05, 4.69) is 0 Å². The quantitative estimate of drug-likeness (QED) is 0.217. The molecule has 0 rings (SSSR count). The van der Waals surface area contributed by atoms with E-state index >= 15 is 0 Å². The van der Waals surface area contributed by atoms with Crippen LogP contribution in [0, 0.1) is 0 Å². The van der Waals surface area contributed by atoms with Crippen LogP contribution in [0.3, 0.4) is 0 Å². The first-order chi connectivity index (χ1) is 15.0. The number of alkyl halides is 20. The van der Waals surface area contributed by atoms with E-state index in [1.54, 1.807) is 0 Å². The van der Waals surface area contributed by atoms with E-state index in [1.165, 1.54) is 0 Å². The molecule has 0 aliphatic heterocycles. The third-order valence-electron chi connectivity index (χ3n) is 3.86. The zero-order valence-electron chi connectivity index (χ0n) is 15.1. The fourth-order valence-corrected chi connectivity index (χ4v) is 2.46. The van der Waals surface area contributed by atoms with Gasteiger partial charge in [-0.15, -0.1) is 4.72 Å². The number of nitrogens with one attached hydrogen (secondary N) is 1. The lowest BCUT2D eigenvalue weighted by Gasteiger charge is -2.45. The standard InChI is InChI=1S/C10H2F21NO3S/c11-1(12,3(15,16)5(19,20)7(23,24)9(25,26)27)2(13,14)4(17,18)6(21,22)8(33,10(28,29)30)32-36(31,34)35/h32-33H. The second-order valence-electron chi connectivity index (χ2n) is 6.27. The Balaban J connectivity index is 7.32. The molecular formula is C10H2F21NO3S. The molecule has 0 saturated heterocycles. The maximum Gasteiger partial charge on any atom is 0.460 e. The predicted molar refractivity (Wildman–Crippen MR) is 64.9 cm³/mol. The molecule has 218 valence electrons. The van der Waals surface area contributed by atoms with Crippen molar-refractivity contribution in [3.8, 4) is 0 Å². The average molecular weight is 615 g/mol. The summed E-state index contributed by atoms with van der Waals surface area (Å²) in [5.41, 5.74) is -7.72. The molecule has 36 heavy (non-hydrogen) atoms. The van der Waals surface area contributed by atoms with Crippen molar-refractivity contribution in [1.29, 1.82) is 0 Å². The molecule has 0 aromatic carbocycles. The van der Waals surface area contributed by atoms with Crippen LogP contribution >= 0.6 is 0 Å². The first kappa shape index (κ1) is 34.4. The Kier molecular flexibility index (Phi) is 7.83. The van der Waals surface area contributed by atoms with Gasteiger partial charge in [-0.3, -0.25) is 0 Å². The Morgan fingerprint density at radius 2 is 0.639 bits per heavy atom. The smallest absolute Gasteiger partial charge is 0.362 e. The van der Waals surface area contributed by atoms with Crippen LogP contribution in [0.1, 0.15) is 0 Å². The Bertz CT molecular complexity index is 933. The van der Waals surface area contributed by atoms with E-state index in [0.717, 1.165) is 0 Å². The molecule has 2 N–H and O–H groups in total. The van der Waals surface area contributed by atoms with Crippen LogP contribution < -0.4 is 4.72 Å². The van der Waals surface area contributed by atoms with Crippen molar-refractivity contribution in [2.75, 3.05) is 0 Å². The van der Waals surface area contributed by atoms with E-state index in [1.807, 2.05) is 0 Å². The van der Waals surface area contributed by atoms with Crippen molar-refractivity contribution in [2.24, 2.45) is 0 Å². The van der Waals surface area contributed by atoms with E-state index in [9.17, 15) is 100 Å². The molecule has 26 heteroatoms. The van der Waals surface area contributed by atoms with Gasteiger partial charge in [-0.05, 0) is 0 Å². The minimum Gasteiger partial charge on any atom is -0.362 e. The second kappa shape index (κ2) is 8.20. The highest BCUT2D eigenvalue weighted by molar-refractivity contribution is 7.84. The summed E-state index contributed by atoms with van der Waals surface area (Å²) >= 11 is 0. The van der Waals surface area contributed by atoms with Gasteiger partial charge >= 0.3 is 64.2 Å². The number of halogens is 21. The summed E-state index contributed by atoms with van der Waals surface area (Å²) in [4.78, 5) is 0. The molecule has 0 saturated carbocycles. The summed E-state index contributed by atoms with van der Waals surface area (Å²) in [7, 11) is -7.63.